The second-order valence-electron chi connectivity index (χ2n) is 4.70. The Morgan fingerprint density at radius 3 is 2.73 bits per heavy atom. The van der Waals surface area contributed by atoms with Crippen LogP contribution in [-0.4, -0.2) is 48.4 Å². The molecular weight excluding hydrogens is 316 g/mol. The Morgan fingerprint density at radius 2 is 2.18 bits per heavy atom. The maximum Gasteiger partial charge on any atom is 0.322 e. The molecule has 1 aromatic carbocycles. The number of carboxylic acid groups (broad SMARTS) is 1. The van der Waals surface area contributed by atoms with Crippen LogP contribution in [0.4, 0.5) is 5.69 Å². The third-order valence-corrected chi connectivity index (χ3v) is 5.36. The molecule has 0 aromatic heterocycles. The molecule has 0 saturated carbocycles. The number of hydrogen-bond donors (Lipinski definition) is 1. The number of benzene rings is 1. The SMILES string of the molecule is COc1ccc([N+](=O)[O-])cc1S(=O)(=O)N1CCC[C@H]1C(=O)O. The third kappa shape index (κ3) is 2.74. The number of sulfonamides is 1. The van der Waals surface area contributed by atoms with Gasteiger partial charge in [0.1, 0.15) is 16.7 Å². The second-order valence-corrected chi connectivity index (χ2v) is 6.56. The molecule has 22 heavy (non-hydrogen) atoms. The van der Waals surface area contributed by atoms with Gasteiger partial charge in [0.15, 0.2) is 0 Å². The highest BCUT2D eigenvalue weighted by molar-refractivity contribution is 7.89. The lowest BCUT2D eigenvalue weighted by molar-refractivity contribution is -0.385. The van der Waals surface area contributed by atoms with Gasteiger partial charge in [-0.3, -0.25) is 14.9 Å². The van der Waals surface area contributed by atoms with Gasteiger partial charge in [0, 0.05) is 18.7 Å². The number of aliphatic carboxylic acids is 1. The van der Waals surface area contributed by atoms with Crippen LogP contribution in [0.1, 0.15) is 12.8 Å². The van der Waals surface area contributed by atoms with Crippen molar-refractivity contribution >= 4 is 21.7 Å². The molecule has 0 radical (unpaired) electrons. The van der Waals surface area contributed by atoms with Crippen molar-refractivity contribution in [1.29, 1.82) is 0 Å². The van der Waals surface area contributed by atoms with Crippen molar-refractivity contribution in [2.75, 3.05) is 13.7 Å². The van der Waals surface area contributed by atoms with Crippen LogP contribution in [0.25, 0.3) is 0 Å². The molecular formula is C12H14N2O7S. The largest absolute Gasteiger partial charge is 0.495 e. The molecule has 0 unspecified atom stereocenters. The zero-order valence-electron chi connectivity index (χ0n) is 11.6. The molecule has 1 atom stereocenters. The van der Waals surface area contributed by atoms with Crippen LogP contribution in [0.15, 0.2) is 23.1 Å². The first kappa shape index (κ1) is 16.2. The number of non-ortho nitro benzene ring substituents is 1. The second kappa shape index (κ2) is 5.89. The zero-order chi connectivity index (χ0) is 16.5. The summed E-state index contributed by atoms with van der Waals surface area (Å²) in [6.07, 6.45) is 0.610. The Bertz CT molecular complexity index is 716. The molecule has 1 saturated heterocycles. The number of carbonyl (C=O) groups is 1. The molecule has 0 amide bonds. The summed E-state index contributed by atoms with van der Waals surface area (Å²) in [7, 11) is -2.97. The van der Waals surface area contributed by atoms with Gasteiger partial charge in [0.05, 0.1) is 12.0 Å². The van der Waals surface area contributed by atoms with Gasteiger partial charge in [0.2, 0.25) is 10.0 Å². The fraction of sp³-hybridized carbons (Fsp3) is 0.417. The van der Waals surface area contributed by atoms with Crippen LogP contribution >= 0.6 is 0 Å². The lowest BCUT2D eigenvalue weighted by Gasteiger charge is -2.21. The van der Waals surface area contributed by atoms with Crippen molar-refractivity contribution in [1.82, 2.24) is 4.31 Å². The molecule has 0 aliphatic carbocycles. The Labute approximate surface area is 126 Å². The zero-order valence-corrected chi connectivity index (χ0v) is 12.4. The van der Waals surface area contributed by atoms with Crippen LogP contribution in [-0.2, 0) is 14.8 Å². The minimum atomic E-state index is -4.21. The van der Waals surface area contributed by atoms with E-state index in [1.54, 1.807) is 0 Å². The van der Waals surface area contributed by atoms with Crippen LogP contribution in [0.2, 0.25) is 0 Å². The van der Waals surface area contributed by atoms with Crippen LogP contribution in [0.5, 0.6) is 5.75 Å². The Hall–Kier alpha value is -2.20. The lowest BCUT2D eigenvalue weighted by atomic mass is 10.2. The molecule has 1 aromatic rings. The van der Waals surface area contributed by atoms with Crippen molar-refractivity contribution in [2.24, 2.45) is 0 Å². The Balaban J connectivity index is 2.55. The van der Waals surface area contributed by atoms with Gasteiger partial charge in [-0.05, 0) is 18.9 Å². The van der Waals surface area contributed by atoms with E-state index < -0.39 is 37.5 Å². The van der Waals surface area contributed by atoms with E-state index in [0.29, 0.717) is 6.42 Å². The molecule has 1 fully saturated rings. The monoisotopic (exact) mass is 330 g/mol. The van der Waals surface area contributed by atoms with Gasteiger partial charge in [-0.15, -0.1) is 0 Å². The van der Waals surface area contributed by atoms with E-state index in [-0.39, 0.29) is 18.7 Å². The number of methoxy groups -OCH3 is 1. The summed E-state index contributed by atoms with van der Waals surface area (Å²) in [5.74, 6) is -1.31. The predicted molar refractivity (Wildman–Crippen MR) is 74.2 cm³/mol. The van der Waals surface area contributed by atoms with Crippen molar-refractivity contribution in [2.45, 2.75) is 23.8 Å². The first-order chi connectivity index (χ1) is 10.3. The standard InChI is InChI=1S/C12H14N2O7S/c1-21-10-5-4-8(14(17)18)7-11(10)22(19,20)13-6-2-3-9(13)12(15)16/h4-5,7,9H,2-3,6H2,1H3,(H,15,16)/t9-/m0/s1. The van der Waals surface area contributed by atoms with Crippen LogP contribution in [0, 0.1) is 10.1 Å². The summed E-state index contributed by atoms with van der Waals surface area (Å²) in [5, 5.41) is 20.0. The highest BCUT2D eigenvalue weighted by atomic mass is 32.2. The van der Waals surface area contributed by atoms with Crippen LogP contribution < -0.4 is 4.74 Å². The highest BCUT2D eigenvalue weighted by Crippen LogP contribution is 2.33. The Kier molecular flexibility index (Phi) is 4.33. The highest BCUT2D eigenvalue weighted by Gasteiger charge is 2.41. The normalized spacial score (nSPS) is 19.0. The van der Waals surface area contributed by atoms with Crippen molar-refractivity contribution in [3.05, 3.63) is 28.3 Å². The van der Waals surface area contributed by atoms with Gasteiger partial charge >= 0.3 is 5.97 Å². The van der Waals surface area contributed by atoms with Gasteiger partial charge in [0.25, 0.3) is 5.69 Å². The third-order valence-electron chi connectivity index (χ3n) is 3.43. The number of ether oxygens (including phenoxy) is 1. The maximum atomic E-state index is 12.7. The van der Waals surface area contributed by atoms with E-state index in [1.165, 1.54) is 13.2 Å². The fourth-order valence-corrected chi connectivity index (χ4v) is 4.21. The first-order valence-electron chi connectivity index (χ1n) is 6.36. The fourth-order valence-electron chi connectivity index (χ4n) is 2.38. The minimum absolute atomic E-state index is 0.0468. The summed E-state index contributed by atoms with van der Waals surface area (Å²) >= 11 is 0. The average molecular weight is 330 g/mol. The molecule has 1 aliphatic heterocycles. The maximum absolute atomic E-state index is 12.7. The van der Waals surface area contributed by atoms with Gasteiger partial charge in [-0.1, -0.05) is 0 Å². The molecule has 120 valence electrons. The van der Waals surface area contributed by atoms with E-state index in [2.05, 4.69) is 0 Å². The van der Waals surface area contributed by atoms with Gasteiger partial charge in [-0.2, -0.15) is 4.31 Å². The molecule has 1 N–H and O–H groups in total. The quantitative estimate of drug-likeness (QED) is 0.626. The van der Waals surface area contributed by atoms with Crippen molar-refractivity contribution in [3.8, 4) is 5.75 Å². The molecule has 0 bridgehead atoms. The number of hydrogen-bond acceptors (Lipinski definition) is 6. The minimum Gasteiger partial charge on any atom is -0.495 e. The summed E-state index contributed by atoms with van der Waals surface area (Å²) in [6, 6.07) is 2.01. The lowest BCUT2D eigenvalue weighted by Crippen LogP contribution is -2.40. The predicted octanol–water partition coefficient (Wildman–Crippen LogP) is 0.841. The first-order valence-corrected chi connectivity index (χ1v) is 7.80. The number of carboxylic acids is 1. The van der Waals surface area contributed by atoms with Crippen molar-refractivity contribution < 1.29 is 28.0 Å². The Morgan fingerprint density at radius 1 is 1.50 bits per heavy atom. The van der Waals surface area contributed by atoms with E-state index in [9.17, 15) is 23.3 Å². The average Bonchev–Trinajstić information content (AvgIpc) is 2.96. The van der Waals surface area contributed by atoms with Gasteiger partial charge < -0.3 is 9.84 Å². The molecule has 10 heteroatoms. The van der Waals surface area contributed by atoms with Gasteiger partial charge in [-0.25, -0.2) is 8.42 Å². The summed E-state index contributed by atoms with van der Waals surface area (Å²) in [5.41, 5.74) is -0.412. The van der Waals surface area contributed by atoms with Crippen molar-refractivity contribution in [3.63, 3.8) is 0 Å². The molecule has 0 spiro atoms. The molecule has 9 nitrogen and oxygen atoms in total. The summed E-state index contributed by atoms with van der Waals surface area (Å²) in [6.45, 7) is 0.0468. The molecule has 1 heterocycles. The number of nitro groups is 1. The smallest absolute Gasteiger partial charge is 0.322 e. The number of rotatable bonds is 5. The van der Waals surface area contributed by atoms with Crippen LogP contribution in [0.3, 0.4) is 0 Å². The topological polar surface area (TPSA) is 127 Å². The van der Waals surface area contributed by atoms with E-state index in [4.69, 9.17) is 9.84 Å². The van der Waals surface area contributed by atoms with E-state index >= 15 is 0 Å². The molecule has 2 rings (SSSR count). The number of nitrogens with zero attached hydrogens (tertiary/aromatic N) is 2. The number of nitro benzene ring substituents is 1. The van der Waals surface area contributed by atoms with E-state index in [1.807, 2.05) is 0 Å². The molecule has 1 aliphatic rings. The summed E-state index contributed by atoms with van der Waals surface area (Å²) < 4.78 is 31.1. The summed E-state index contributed by atoms with van der Waals surface area (Å²) in [4.78, 5) is 20.9. The van der Waals surface area contributed by atoms with E-state index in [0.717, 1.165) is 16.4 Å².